The molecule has 21 heavy (non-hydrogen) atoms. The number of aromatic hydroxyl groups is 1. The lowest BCUT2D eigenvalue weighted by Crippen LogP contribution is -2.31. The maximum Gasteiger partial charge on any atom is 0.331 e. The number of H-pyrrole nitrogens is 1. The van der Waals surface area contributed by atoms with Gasteiger partial charge in [-0.3, -0.25) is 14.3 Å². The molecule has 1 heterocycles. The highest BCUT2D eigenvalue weighted by Gasteiger charge is 2.15. The number of terminal acetylenes is 1. The van der Waals surface area contributed by atoms with Crippen molar-refractivity contribution in [3.63, 3.8) is 0 Å². The van der Waals surface area contributed by atoms with Gasteiger partial charge in [0.05, 0.1) is 0 Å². The molecule has 1 aromatic heterocycles. The number of benzene rings is 1. The molecule has 0 saturated carbocycles. The summed E-state index contributed by atoms with van der Waals surface area (Å²) in [4.78, 5) is 26.0. The zero-order chi connectivity index (χ0) is 15.2. The van der Waals surface area contributed by atoms with Crippen molar-refractivity contribution in [1.82, 2.24) is 9.55 Å². The Bertz CT molecular complexity index is 767. The summed E-state index contributed by atoms with van der Waals surface area (Å²) in [5.41, 5.74) is -0.540. The molecule has 108 valence electrons. The van der Waals surface area contributed by atoms with E-state index in [4.69, 9.17) is 6.42 Å². The normalized spacial score (nSPS) is 10.2. The number of nitrogens with zero attached hydrogens (tertiary/aromatic N) is 1. The molecule has 2 N–H and O–H groups in total. The summed E-state index contributed by atoms with van der Waals surface area (Å²) in [5.74, 6) is 2.21. The molecule has 2 rings (SSSR count). The standard InChI is InChI=1S/C16H16N2O3/c1-2-3-4-8-11-18-15(20)13(14(19)17-16(18)21)12-9-6-5-7-10-12/h1,5-7,9-10,20H,3-4,8,11H2,(H,17,19,21). The largest absolute Gasteiger partial charge is 0.494 e. The highest BCUT2D eigenvalue weighted by Crippen LogP contribution is 2.23. The van der Waals surface area contributed by atoms with Crippen LogP contribution in [-0.2, 0) is 6.54 Å². The number of hydrogen-bond acceptors (Lipinski definition) is 3. The van der Waals surface area contributed by atoms with Crippen molar-refractivity contribution in [2.45, 2.75) is 25.8 Å². The van der Waals surface area contributed by atoms with Gasteiger partial charge < -0.3 is 5.11 Å². The van der Waals surface area contributed by atoms with Crippen molar-refractivity contribution in [3.8, 4) is 29.4 Å². The number of nitrogens with one attached hydrogen (secondary N) is 1. The van der Waals surface area contributed by atoms with E-state index in [2.05, 4.69) is 10.9 Å². The molecule has 5 nitrogen and oxygen atoms in total. The summed E-state index contributed by atoms with van der Waals surface area (Å²) in [6, 6.07) is 8.74. The molecule has 5 heteroatoms. The third kappa shape index (κ3) is 3.23. The van der Waals surface area contributed by atoms with Crippen molar-refractivity contribution >= 4 is 0 Å². The second kappa shape index (κ2) is 6.62. The van der Waals surface area contributed by atoms with Gasteiger partial charge in [0, 0.05) is 13.0 Å². The first kappa shape index (κ1) is 14.7. The summed E-state index contributed by atoms with van der Waals surface area (Å²) >= 11 is 0. The number of unbranched alkanes of at least 4 members (excludes halogenated alkanes) is 2. The predicted molar refractivity (Wildman–Crippen MR) is 81.1 cm³/mol. The van der Waals surface area contributed by atoms with E-state index in [0.717, 1.165) is 6.42 Å². The van der Waals surface area contributed by atoms with Crippen LogP contribution >= 0.6 is 0 Å². The molecule has 2 aromatic rings. The van der Waals surface area contributed by atoms with Crippen molar-refractivity contribution < 1.29 is 5.11 Å². The summed E-state index contributed by atoms with van der Waals surface area (Å²) in [7, 11) is 0. The van der Waals surface area contributed by atoms with Gasteiger partial charge in [-0.05, 0) is 18.4 Å². The second-order valence-electron chi connectivity index (χ2n) is 4.64. The fourth-order valence-electron chi connectivity index (χ4n) is 2.13. The lowest BCUT2D eigenvalue weighted by atomic mass is 10.1. The Labute approximate surface area is 121 Å². The van der Waals surface area contributed by atoms with Crippen LogP contribution in [0.15, 0.2) is 39.9 Å². The van der Waals surface area contributed by atoms with Crippen molar-refractivity contribution in [3.05, 3.63) is 51.2 Å². The first-order chi connectivity index (χ1) is 10.1. The average molecular weight is 284 g/mol. The number of aromatic amines is 1. The lowest BCUT2D eigenvalue weighted by Gasteiger charge is -2.11. The van der Waals surface area contributed by atoms with E-state index in [9.17, 15) is 14.7 Å². The Hall–Kier alpha value is -2.74. The minimum atomic E-state index is -0.613. The summed E-state index contributed by atoms with van der Waals surface area (Å²) in [6.45, 7) is 0.308. The first-order valence-electron chi connectivity index (χ1n) is 6.70. The first-order valence-corrected chi connectivity index (χ1v) is 6.70. The van der Waals surface area contributed by atoms with Gasteiger partial charge in [-0.15, -0.1) is 12.3 Å². The Morgan fingerprint density at radius 3 is 2.57 bits per heavy atom. The minimum Gasteiger partial charge on any atom is -0.494 e. The van der Waals surface area contributed by atoms with Crippen LogP contribution < -0.4 is 11.2 Å². The van der Waals surface area contributed by atoms with Crippen LogP contribution in [0, 0.1) is 12.3 Å². The van der Waals surface area contributed by atoms with Crippen LogP contribution in [0.25, 0.3) is 11.1 Å². The molecule has 0 bridgehead atoms. The second-order valence-corrected chi connectivity index (χ2v) is 4.64. The third-order valence-electron chi connectivity index (χ3n) is 3.19. The van der Waals surface area contributed by atoms with Crippen LogP contribution in [0.2, 0.25) is 0 Å². The number of aromatic nitrogens is 2. The van der Waals surface area contributed by atoms with Crippen molar-refractivity contribution in [1.29, 1.82) is 0 Å². The molecule has 0 aliphatic carbocycles. The molecule has 0 unspecified atom stereocenters. The molecule has 0 aliphatic heterocycles. The summed E-state index contributed by atoms with van der Waals surface area (Å²) in [6.07, 6.45) is 7.19. The number of rotatable bonds is 5. The van der Waals surface area contributed by atoms with E-state index < -0.39 is 11.2 Å². The lowest BCUT2D eigenvalue weighted by molar-refractivity contribution is 0.397. The molecule has 0 aliphatic rings. The molecular weight excluding hydrogens is 268 g/mol. The zero-order valence-corrected chi connectivity index (χ0v) is 11.5. The zero-order valence-electron chi connectivity index (χ0n) is 11.5. The van der Waals surface area contributed by atoms with Crippen LogP contribution in [0.3, 0.4) is 0 Å². The van der Waals surface area contributed by atoms with Gasteiger partial charge in [-0.25, -0.2) is 4.79 Å². The molecular formula is C16H16N2O3. The Balaban J connectivity index is 2.42. The fraction of sp³-hybridized carbons (Fsp3) is 0.250. The molecule has 0 saturated heterocycles. The van der Waals surface area contributed by atoms with Crippen LogP contribution in [0.1, 0.15) is 19.3 Å². The van der Waals surface area contributed by atoms with Gasteiger partial charge in [0.1, 0.15) is 5.56 Å². The Morgan fingerprint density at radius 1 is 1.19 bits per heavy atom. The van der Waals surface area contributed by atoms with E-state index in [0.29, 0.717) is 24.9 Å². The minimum absolute atomic E-state index is 0.104. The fourth-order valence-corrected chi connectivity index (χ4v) is 2.13. The molecule has 1 aromatic carbocycles. The van der Waals surface area contributed by atoms with Crippen LogP contribution in [0.4, 0.5) is 0 Å². The van der Waals surface area contributed by atoms with Gasteiger partial charge >= 0.3 is 5.69 Å². The van der Waals surface area contributed by atoms with E-state index in [1.807, 2.05) is 6.07 Å². The van der Waals surface area contributed by atoms with Gasteiger partial charge in [0.15, 0.2) is 0 Å². The SMILES string of the molecule is C#CCCCCn1c(O)c(-c2ccccc2)c(=O)[nH]c1=O. The van der Waals surface area contributed by atoms with Gasteiger partial charge in [-0.2, -0.15) is 0 Å². The maximum atomic E-state index is 11.9. The van der Waals surface area contributed by atoms with Crippen LogP contribution in [0.5, 0.6) is 5.88 Å². The maximum absolute atomic E-state index is 11.9. The van der Waals surface area contributed by atoms with E-state index in [1.54, 1.807) is 24.3 Å². The highest BCUT2D eigenvalue weighted by molar-refractivity contribution is 5.67. The third-order valence-corrected chi connectivity index (χ3v) is 3.19. The average Bonchev–Trinajstić information content (AvgIpc) is 2.47. The van der Waals surface area contributed by atoms with Crippen molar-refractivity contribution in [2.24, 2.45) is 0 Å². The predicted octanol–water partition coefficient (Wildman–Crippen LogP) is 1.71. The topological polar surface area (TPSA) is 75.1 Å². The Kier molecular flexibility index (Phi) is 4.62. The monoisotopic (exact) mass is 284 g/mol. The van der Waals surface area contributed by atoms with Crippen LogP contribution in [-0.4, -0.2) is 14.7 Å². The van der Waals surface area contributed by atoms with Gasteiger partial charge in [0.2, 0.25) is 5.88 Å². The smallest absolute Gasteiger partial charge is 0.331 e. The van der Waals surface area contributed by atoms with Gasteiger partial charge in [0.25, 0.3) is 5.56 Å². The molecule has 0 spiro atoms. The van der Waals surface area contributed by atoms with Crippen molar-refractivity contribution in [2.75, 3.05) is 0 Å². The molecule has 0 fully saturated rings. The quantitative estimate of drug-likeness (QED) is 0.648. The van der Waals surface area contributed by atoms with E-state index in [1.165, 1.54) is 4.57 Å². The van der Waals surface area contributed by atoms with E-state index in [-0.39, 0.29) is 11.4 Å². The van der Waals surface area contributed by atoms with Gasteiger partial charge in [-0.1, -0.05) is 30.3 Å². The van der Waals surface area contributed by atoms with E-state index >= 15 is 0 Å². The molecule has 0 atom stereocenters. The summed E-state index contributed by atoms with van der Waals surface area (Å²) in [5, 5.41) is 10.3. The number of hydrogen-bond donors (Lipinski definition) is 2. The highest BCUT2D eigenvalue weighted by atomic mass is 16.3. The molecule has 0 radical (unpaired) electrons. The molecule has 0 amide bonds. The Morgan fingerprint density at radius 2 is 1.90 bits per heavy atom. The summed E-state index contributed by atoms with van der Waals surface area (Å²) < 4.78 is 1.17.